The summed E-state index contributed by atoms with van der Waals surface area (Å²) in [6.07, 6.45) is 1.81. The average molecular weight is 522 g/mol. The molecule has 0 unspecified atom stereocenters. The van der Waals surface area contributed by atoms with E-state index in [0.717, 1.165) is 18.2 Å². The molecule has 1 aliphatic carbocycles. The third-order valence-corrected chi connectivity index (χ3v) is 8.04. The van der Waals surface area contributed by atoms with Crippen molar-refractivity contribution in [2.75, 3.05) is 7.11 Å². The molecule has 1 aromatic heterocycles. The quantitative estimate of drug-likeness (QED) is 0.183. The van der Waals surface area contributed by atoms with Gasteiger partial charge in [-0.05, 0) is 55.3 Å². The maximum Gasteiger partial charge on any atom is 0.268 e. The van der Waals surface area contributed by atoms with E-state index in [4.69, 9.17) is 27.5 Å². The van der Waals surface area contributed by atoms with Gasteiger partial charge in [-0.3, -0.25) is 5.41 Å². The van der Waals surface area contributed by atoms with Crippen LogP contribution in [0.15, 0.2) is 82.8 Å². The predicted molar refractivity (Wildman–Crippen MR) is 142 cm³/mol. The Hall–Kier alpha value is -3.82. The van der Waals surface area contributed by atoms with Crippen LogP contribution in [0.5, 0.6) is 5.75 Å². The SMILES string of the molecule is COc1ccc(S(=O)(=O)n2c(-c3ccc(Cl)cc3)c(C(=NNC(=N)N)C3CC3)c3ccccc32)cc1. The predicted octanol–water partition coefficient (Wildman–Crippen LogP) is 4.80. The van der Waals surface area contributed by atoms with E-state index in [0.29, 0.717) is 38.8 Å². The van der Waals surface area contributed by atoms with Crippen molar-refractivity contribution in [1.82, 2.24) is 9.40 Å². The van der Waals surface area contributed by atoms with Crippen molar-refractivity contribution < 1.29 is 13.2 Å². The average Bonchev–Trinajstić information content (AvgIpc) is 3.66. The lowest BCUT2D eigenvalue weighted by molar-refractivity contribution is 0.414. The minimum Gasteiger partial charge on any atom is -0.497 e. The van der Waals surface area contributed by atoms with Gasteiger partial charge in [-0.15, -0.1) is 0 Å². The van der Waals surface area contributed by atoms with Gasteiger partial charge in [0.2, 0.25) is 5.96 Å². The Balaban J connectivity index is 1.87. The largest absolute Gasteiger partial charge is 0.497 e. The Bertz CT molecular complexity index is 1590. The number of fused-ring (bicyclic) bond motifs is 1. The Morgan fingerprint density at radius 2 is 1.75 bits per heavy atom. The number of ether oxygens (including phenoxy) is 1. The molecular weight excluding hydrogens is 498 g/mol. The van der Waals surface area contributed by atoms with E-state index in [2.05, 4.69) is 10.5 Å². The van der Waals surface area contributed by atoms with Gasteiger partial charge in [0.1, 0.15) is 5.75 Å². The molecule has 0 atom stereocenters. The first-order valence-electron chi connectivity index (χ1n) is 11.3. The normalized spacial score (nSPS) is 14.1. The fourth-order valence-corrected chi connectivity index (χ4v) is 5.94. The van der Waals surface area contributed by atoms with Gasteiger partial charge in [0.25, 0.3) is 10.0 Å². The number of para-hydroxylation sites is 1. The van der Waals surface area contributed by atoms with Crippen LogP contribution in [0, 0.1) is 11.3 Å². The molecule has 4 aromatic rings. The summed E-state index contributed by atoms with van der Waals surface area (Å²) in [5.74, 6) is 0.380. The number of hydrogen-bond acceptors (Lipinski definition) is 5. The van der Waals surface area contributed by atoms with E-state index in [1.165, 1.54) is 23.2 Å². The Labute approximate surface area is 213 Å². The molecule has 1 saturated carbocycles. The molecule has 0 aliphatic heterocycles. The molecule has 8 nitrogen and oxygen atoms in total. The molecule has 36 heavy (non-hydrogen) atoms. The van der Waals surface area contributed by atoms with Crippen molar-refractivity contribution >= 4 is 44.2 Å². The minimum absolute atomic E-state index is 0.117. The first-order valence-corrected chi connectivity index (χ1v) is 13.1. The van der Waals surface area contributed by atoms with Crippen molar-refractivity contribution in [1.29, 1.82) is 5.41 Å². The number of nitrogens with zero attached hydrogens (tertiary/aromatic N) is 2. The van der Waals surface area contributed by atoms with E-state index >= 15 is 0 Å². The third kappa shape index (κ3) is 4.31. The molecule has 0 radical (unpaired) electrons. The summed E-state index contributed by atoms with van der Waals surface area (Å²) in [6.45, 7) is 0. The molecular formula is C26H24ClN5O3S. The highest BCUT2D eigenvalue weighted by molar-refractivity contribution is 7.90. The van der Waals surface area contributed by atoms with E-state index in [1.54, 1.807) is 48.5 Å². The second-order valence-electron chi connectivity index (χ2n) is 8.49. The standard InChI is InChI=1S/C26H24ClN5O3S/c1-35-19-12-14-20(15-13-19)36(33,34)32-22-5-3-2-4-21(22)23(24(16-6-7-16)30-31-26(28)29)25(32)17-8-10-18(27)11-9-17/h2-5,8-16H,6-7H2,1H3,(H4,28,29,31). The monoisotopic (exact) mass is 521 g/mol. The molecule has 10 heteroatoms. The van der Waals surface area contributed by atoms with Crippen LogP contribution in [0.2, 0.25) is 5.02 Å². The number of rotatable bonds is 7. The number of guanidine groups is 1. The summed E-state index contributed by atoms with van der Waals surface area (Å²) < 4.78 is 34.9. The van der Waals surface area contributed by atoms with Gasteiger partial charge in [-0.2, -0.15) is 5.10 Å². The molecule has 4 N–H and O–H groups in total. The number of hydrazone groups is 1. The highest BCUT2D eigenvalue weighted by Crippen LogP contribution is 2.43. The molecule has 0 bridgehead atoms. The number of aromatic nitrogens is 1. The molecule has 0 amide bonds. The van der Waals surface area contributed by atoms with Crippen LogP contribution < -0.4 is 15.9 Å². The molecule has 1 fully saturated rings. The van der Waals surface area contributed by atoms with Crippen LogP contribution in [-0.4, -0.2) is 31.2 Å². The summed E-state index contributed by atoms with van der Waals surface area (Å²) in [5.41, 5.74) is 11.1. The van der Waals surface area contributed by atoms with Gasteiger partial charge in [0.15, 0.2) is 0 Å². The van der Waals surface area contributed by atoms with Crippen molar-refractivity contribution in [3.8, 4) is 17.0 Å². The fourth-order valence-electron chi connectivity index (χ4n) is 4.27. The van der Waals surface area contributed by atoms with Crippen LogP contribution in [0.3, 0.4) is 0 Å². The molecule has 184 valence electrons. The van der Waals surface area contributed by atoms with Gasteiger partial charge in [-0.25, -0.2) is 17.8 Å². The number of halogens is 1. The van der Waals surface area contributed by atoms with Crippen LogP contribution in [0.4, 0.5) is 0 Å². The first-order chi connectivity index (χ1) is 17.3. The van der Waals surface area contributed by atoms with E-state index in [-0.39, 0.29) is 16.8 Å². The van der Waals surface area contributed by atoms with Gasteiger partial charge in [-0.1, -0.05) is 41.9 Å². The molecule has 0 saturated heterocycles. The maximum absolute atomic E-state index is 14.2. The third-order valence-electron chi connectivity index (χ3n) is 6.06. The zero-order valence-corrected chi connectivity index (χ0v) is 21.0. The fraction of sp³-hybridized carbons (Fsp3) is 0.154. The molecule has 1 heterocycles. The smallest absolute Gasteiger partial charge is 0.268 e. The highest BCUT2D eigenvalue weighted by Gasteiger charge is 2.36. The van der Waals surface area contributed by atoms with Crippen LogP contribution >= 0.6 is 11.6 Å². The second-order valence-corrected chi connectivity index (χ2v) is 10.7. The molecule has 5 rings (SSSR count). The highest BCUT2D eigenvalue weighted by atomic mass is 35.5. The van der Waals surface area contributed by atoms with Crippen LogP contribution in [0.1, 0.15) is 18.4 Å². The van der Waals surface area contributed by atoms with E-state index in [9.17, 15) is 8.42 Å². The first kappa shape index (κ1) is 23.9. The van der Waals surface area contributed by atoms with Gasteiger partial charge < -0.3 is 10.5 Å². The minimum atomic E-state index is -4.04. The van der Waals surface area contributed by atoms with Crippen molar-refractivity contribution in [2.45, 2.75) is 17.7 Å². The number of hydrogen-bond donors (Lipinski definition) is 3. The summed E-state index contributed by atoms with van der Waals surface area (Å²) >= 11 is 6.17. The van der Waals surface area contributed by atoms with Crippen LogP contribution in [0.25, 0.3) is 22.2 Å². The number of nitrogens with two attached hydrogens (primary N) is 1. The molecule has 3 aromatic carbocycles. The van der Waals surface area contributed by atoms with E-state index in [1.807, 2.05) is 12.1 Å². The van der Waals surface area contributed by atoms with Gasteiger partial charge >= 0.3 is 0 Å². The maximum atomic E-state index is 14.2. The summed E-state index contributed by atoms with van der Waals surface area (Å²) in [6, 6.07) is 20.7. The van der Waals surface area contributed by atoms with Gasteiger partial charge in [0, 0.05) is 27.5 Å². The summed E-state index contributed by atoms with van der Waals surface area (Å²) in [7, 11) is -2.51. The zero-order valence-electron chi connectivity index (χ0n) is 19.4. The Morgan fingerprint density at radius 1 is 1.08 bits per heavy atom. The van der Waals surface area contributed by atoms with Crippen molar-refractivity contribution in [3.05, 3.63) is 83.4 Å². The topological polar surface area (TPSA) is 123 Å². The molecule has 1 aliphatic rings. The zero-order chi connectivity index (χ0) is 25.4. The Morgan fingerprint density at radius 3 is 2.36 bits per heavy atom. The van der Waals surface area contributed by atoms with Crippen molar-refractivity contribution in [2.24, 2.45) is 16.8 Å². The summed E-state index contributed by atoms with van der Waals surface area (Å²) in [5, 5.41) is 13.3. The second kappa shape index (κ2) is 9.33. The lowest BCUT2D eigenvalue weighted by Crippen LogP contribution is -2.27. The van der Waals surface area contributed by atoms with Crippen molar-refractivity contribution in [3.63, 3.8) is 0 Å². The van der Waals surface area contributed by atoms with Gasteiger partial charge in [0.05, 0.1) is 28.9 Å². The lowest BCUT2D eigenvalue weighted by atomic mass is 9.98. The lowest BCUT2D eigenvalue weighted by Gasteiger charge is -2.15. The molecule has 0 spiro atoms. The number of methoxy groups -OCH3 is 1. The number of nitrogens with one attached hydrogen (secondary N) is 2. The summed E-state index contributed by atoms with van der Waals surface area (Å²) in [4.78, 5) is 0.123. The number of benzene rings is 3. The Kier molecular flexibility index (Phi) is 6.19. The van der Waals surface area contributed by atoms with Crippen LogP contribution in [-0.2, 0) is 10.0 Å². The van der Waals surface area contributed by atoms with E-state index < -0.39 is 10.0 Å².